The van der Waals surface area contributed by atoms with Crippen LogP contribution in [0.3, 0.4) is 0 Å². The van der Waals surface area contributed by atoms with E-state index in [9.17, 15) is 14.4 Å². The van der Waals surface area contributed by atoms with Crippen LogP contribution in [0.15, 0.2) is 30.3 Å². The first-order chi connectivity index (χ1) is 12.6. The predicted octanol–water partition coefficient (Wildman–Crippen LogP) is 2.79. The van der Waals surface area contributed by atoms with Gasteiger partial charge >= 0.3 is 12.1 Å². The van der Waals surface area contributed by atoms with Crippen LogP contribution in [-0.2, 0) is 25.7 Å². The zero-order valence-electron chi connectivity index (χ0n) is 16.7. The summed E-state index contributed by atoms with van der Waals surface area (Å²) in [6.07, 6.45) is -0.259. The first-order valence-electron chi connectivity index (χ1n) is 9.03. The first kappa shape index (κ1) is 22.5. The molecule has 0 radical (unpaired) electrons. The summed E-state index contributed by atoms with van der Waals surface area (Å²) in [5, 5.41) is 4.99. The SMILES string of the molecule is CC(C)C[C@H](NC(=O)CNC(=O)OCc1ccccc1)C(=O)OC(C)(C)C. The van der Waals surface area contributed by atoms with Crippen molar-refractivity contribution < 1.29 is 23.9 Å². The maximum atomic E-state index is 12.3. The highest BCUT2D eigenvalue weighted by atomic mass is 16.6. The van der Waals surface area contributed by atoms with E-state index >= 15 is 0 Å². The molecule has 7 heteroatoms. The molecule has 0 aliphatic carbocycles. The second-order valence-electron chi connectivity index (χ2n) is 7.70. The molecule has 0 aliphatic heterocycles. The number of amides is 2. The van der Waals surface area contributed by atoms with E-state index in [1.165, 1.54) is 0 Å². The van der Waals surface area contributed by atoms with Crippen LogP contribution < -0.4 is 10.6 Å². The summed E-state index contributed by atoms with van der Waals surface area (Å²) < 4.78 is 10.4. The summed E-state index contributed by atoms with van der Waals surface area (Å²) >= 11 is 0. The van der Waals surface area contributed by atoms with E-state index in [0.29, 0.717) is 6.42 Å². The van der Waals surface area contributed by atoms with Crippen LogP contribution in [0.1, 0.15) is 46.6 Å². The molecule has 0 saturated carbocycles. The molecule has 0 spiro atoms. The molecule has 0 fully saturated rings. The highest BCUT2D eigenvalue weighted by molar-refractivity contribution is 5.87. The minimum Gasteiger partial charge on any atom is -0.458 e. The van der Waals surface area contributed by atoms with Gasteiger partial charge in [0, 0.05) is 0 Å². The number of benzene rings is 1. The van der Waals surface area contributed by atoms with Crippen molar-refractivity contribution in [1.82, 2.24) is 10.6 Å². The van der Waals surface area contributed by atoms with Crippen LogP contribution >= 0.6 is 0 Å². The Kier molecular flexibility index (Phi) is 8.78. The van der Waals surface area contributed by atoms with Crippen molar-refractivity contribution in [2.75, 3.05) is 6.54 Å². The fraction of sp³-hybridized carbons (Fsp3) is 0.550. The summed E-state index contributed by atoms with van der Waals surface area (Å²) in [6, 6.07) is 8.45. The van der Waals surface area contributed by atoms with Gasteiger partial charge in [0.25, 0.3) is 0 Å². The number of ether oxygens (including phenoxy) is 2. The molecule has 0 aliphatic rings. The number of nitrogens with one attached hydrogen (secondary N) is 2. The van der Waals surface area contributed by atoms with Crippen LogP contribution in [0, 0.1) is 5.92 Å². The minimum atomic E-state index is -0.765. The van der Waals surface area contributed by atoms with Crippen molar-refractivity contribution in [2.45, 2.75) is 59.3 Å². The third-order valence-corrected chi connectivity index (χ3v) is 3.34. The minimum absolute atomic E-state index is 0.113. The average Bonchev–Trinajstić information content (AvgIpc) is 2.56. The summed E-state index contributed by atoms with van der Waals surface area (Å²) in [6.45, 7) is 9.02. The van der Waals surface area contributed by atoms with Crippen LogP contribution in [0.5, 0.6) is 0 Å². The predicted molar refractivity (Wildman–Crippen MR) is 102 cm³/mol. The number of hydrogen-bond acceptors (Lipinski definition) is 5. The fourth-order valence-electron chi connectivity index (χ4n) is 2.23. The Bertz CT molecular complexity index is 623. The third kappa shape index (κ3) is 10.2. The maximum Gasteiger partial charge on any atom is 0.407 e. The lowest BCUT2D eigenvalue weighted by Crippen LogP contribution is -2.48. The lowest BCUT2D eigenvalue weighted by atomic mass is 10.0. The Morgan fingerprint density at radius 1 is 1.07 bits per heavy atom. The van der Waals surface area contributed by atoms with Gasteiger partial charge in [0.2, 0.25) is 5.91 Å². The zero-order chi connectivity index (χ0) is 20.4. The molecule has 1 atom stereocenters. The number of esters is 1. The van der Waals surface area contributed by atoms with Gasteiger partial charge < -0.3 is 20.1 Å². The van der Waals surface area contributed by atoms with Crippen molar-refractivity contribution in [3.8, 4) is 0 Å². The highest BCUT2D eigenvalue weighted by Crippen LogP contribution is 2.12. The normalized spacial score (nSPS) is 12.2. The number of rotatable bonds is 8. The molecule has 0 bridgehead atoms. The second-order valence-corrected chi connectivity index (χ2v) is 7.70. The van der Waals surface area contributed by atoms with Crippen molar-refractivity contribution in [3.05, 3.63) is 35.9 Å². The molecule has 2 N–H and O–H groups in total. The monoisotopic (exact) mass is 378 g/mol. The maximum absolute atomic E-state index is 12.3. The van der Waals surface area contributed by atoms with Gasteiger partial charge in [-0.25, -0.2) is 9.59 Å². The largest absolute Gasteiger partial charge is 0.458 e. The van der Waals surface area contributed by atoms with E-state index in [2.05, 4.69) is 10.6 Å². The Morgan fingerprint density at radius 2 is 1.70 bits per heavy atom. The fourth-order valence-corrected chi connectivity index (χ4v) is 2.23. The molecule has 2 amide bonds. The van der Waals surface area contributed by atoms with Crippen molar-refractivity contribution in [2.24, 2.45) is 5.92 Å². The number of carbonyl (C=O) groups excluding carboxylic acids is 3. The van der Waals surface area contributed by atoms with Gasteiger partial charge in [-0.3, -0.25) is 4.79 Å². The van der Waals surface area contributed by atoms with E-state index < -0.39 is 29.6 Å². The highest BCUT2D eigenvalue weighted by Gasteiger charge is 2.27. The van der Waals surface area contributed by atoms with Crippen LogP contribution in [-0.4, -0.2) is 36.2 Å². The average molecular weight is 378 g/mol. The number of carbonyl (C=O) groups is 3. The molecule has 1 rings (SSSR count). The first-order valence-corrected chi connectivity index (χ1v) is 9.03. The molecule has 1 aromatic rings. The second kappa shape index (κ2) is 10.5. The lowest BCUT2D eigenvalue weighted by molar-refractivity contribution is -0.159. The van der Waals surface area contributed by atoms with Gasteiger partial charge in [0.1, 0.15) is 24.8 Å². The molecule has 0 saturated heterocycles. The number of alkyl carbamates (subject to hydrolysis) is 1. The van der Waals surface area contributed by atoms with Gasteiger partial charge in [0.05, 0.1) is 0 Å². The topological polar surface area (TPSA) is 93.7 Å². The molecular weight excluding hydrogens is 348 g/mol. The summed E-state index contributed by atoms with van der Waals surface area (Å²) in [5.74, 6) is -0.786. The Balaban J connectivity index is 2.46. The van der Waals surface area contributed by atoms with Crippen LogP contribution in [0.25, 0.3) is 0 Å². The van der Waals surface area contributed by atoms with E-state index in [0.717, 1.165) is 5.56 Å². The molecule has 150 valence electrons. The van der Waals surface area contributed by atoms with Crippen LogP contribution in [0.4, 0.5) is 4.79 Å². The van der Waals surface area contributed by atoms with E-state index in [-0.39, 0.29) is 19.1 Å². The molecule has 0 heterocycles. The van der Waals surface area contributed by atoms with E-state index in [1.54, 1.807) is 20.8 Å². The number of hydrogen-bond donors (Lipinski definition) is 2. The van der Waals surface area contributed by atoms with Crippen molar-refractivity contribution in [1.29, 1.82) is 0 Å². The van der Waals surface area contributed by atoms with Gasteiger partial charge in [-0.1, -0.05) is 44.2 Å². The molecule has 0 unspecified atom stereocenters. The molecule has 27 heavy (non-hydrogen) atoms. The third-order valence-electron chi connectivity index (χ3n) is 3.34. The van der Waals surface area contributed by atoms with Crippen molar-refractivity contribution >= 4 is 18.0 Å². The lowest BCUT2D eigenvalue weighted by Gasteiger charge is -2.25. The Labute approximate surface area is 160 Å². The summed E-state index contributed by atoms with van der Waals surface area (Å²) in [7, 11) is 0. The Hall–Kier alpha value is -2.57. The zero-order valence-corrected chi connectivity index (χ0v) is 16.7. The molecule has 7 nitrogen and oxygen atoms in total. The van der Waals surface area contributed by atoms with Gasteiger partial charge in [0.15, 0.2) is 0 Å². The smallest absolute Gasteiger partial charge is 0.407 e. The molecular formula is C20H30N2O5. The van der Waals surface area contributed by atoms with Gasteiger partial charge in [-0.2, -0.15) is 0 Å². The van der Waals surface area contributed by atoms with Gasteiger partial charge in [-0.15, -0.1) is 0 Å². The van der Waals surface area contributed by atoms with E-state index in [1.807, 2.05) is 44.2 Å². The standard InChI is InChI=1S/C20H30N2O5/c1-14(2)11-16(18(24)27-20(3,4)5)22-17(23)12-21-19(25)26-13-15-9-7-6-8-10-15/h6-10,14,16H,11-13H2,1-5H3,(H,21,25)(H,22,23)/t16-/m0/s1. The van der Waals surface area contributed by atoms with E-state index in [4.69, 9.17) is 9.47 Å². The summed E-state index contributed by atoms with van der Waals surface area (Å²) in [4.78, 5) is 36.1. The van der Waals surface area contributed by atoms with Gasteiger partial charge in [-0.05, 0) is 38.7 Å². The Morgan fingerprint density at radius 3 is 2.26 bits per heavy atom. The van der Waals surface area contributed by atoms with Crippen LogP contribution in [0.2, 0.25) is 0 Å². The summed E-state index contributed by atoms with van der Waals surface area (Å²) in [5.41, 5.74) is 0.204. The quantitative estimate of drug-likeness (QED) is 0.679. The van der Waals surface area contributed by atoms with Crippen molar-refractivity contribution in [3.63, 3.8) is 0 Å². The molecule has 1 aromatic carbocycles. The molecule has 0 aromatic heterocycles.